The molecular weight excluding hydrogens is 284 g/mol. The number of ether oxygens (including phenoxy) is 3. The van der Waals surface area contributed by atoms with Crippen LogP contribution in [-0.4, -0.2) is 18.7 Å². The SMILES string of the molecule is CCCOc1ccccc1C(=O)OC(=O)Oc1ccccc1. The molecule has 0 saturated heterocycles. The van der Waals surface area contributed by atoms with E-state index < -0.39 is 12.1 Å². The van der Waals surface area contributed by atoms with Crippen LogP contribution < -0.4 is 9.47 Å². The molecule has 2 rings (SSSR count). The van der Waals surface area contributed by atoms with E-state index in [9.17, 15) is 9.59 Å². The first-order valence-electron chi connectivity index (χ1n) is 6.91. The Morgan fingerprint density at radius 1 is 0.955 bits per heavy atom. The van der Waals surface area contributed by atoms with Crippen molar-refractivity contribution < 1.29 is 23.8 Å². The average molecular weight is 300 g/mol. The normalized spacial score (nSPS) is 9.86. The van der Waals surface area contributed by atoms with Gasteiger partial charge < -0.3 is 14.2 Å². The van der Waals surface area contributed by atoms with Gasteiger partial charge in [-0.15, -0.1) is 0 Å². The Morgan fingerprint density at radius 2 is 1.64 bits per heavy atom. The van der Waals surface area contributed by atoms with E-state index in [4.69, 9.17) is 9.47 Å². The van der Waals surface area contributed by atoms with E-state index in [0.29, 0.717) is 18.1 Å². The summed E-state index contributed by atoms with van der Waals surface area (Å²) in [6.45, 7) is 2.43. The van der Waals surface area contributed by atoms with E-state index in [0.717, 1.165) is 6.42 Å². The third-order valence-electron chi connectivity index (χ3n) is 2.69. The Morgan fingerprint density at radius 3 is 2.36 bits per heavy atom. The highest BCUT2D eigenvalue weighted by molar-refractivity contribution is 5.97. The zero-order chi connectivity index (χ0) is 15.8. The minimum absolute atomic E-state index is 0.181. The fraction of sp³-hybridized carbons (Fsp3) is 0.176. The van der Waals surface area contributed by atoms with Gasteiger partial charge in [-0.1, -0.05) is 37.3 Å². The first-order chi connectivity index (χ1) is 10.7. The lowest BCUT2D eigenvalue weighted by Gasteiger charge is -2.09. The van der Waals surface area contributed by atoms with E-state index in [1.54, 1.807) is 48.5 Å². The van der Waals surface area contributed by atoms with Crippen molar-refractivity contribution in [2.24, 2.45) is 0 Å². The molecule has 0 aliphatic heterocycles. The van der Waals surface area contributed by atoms with Crippen LogP contribution in [-0.2, 0) is 4.74 Å². The summed E-state index contributed by atoms with van der Waals surface area (Å²) in [6.07, 6.45) is -0.277. The quantitative estimate of drug-likeness (QED) is 0.477. The lowest BCUT2D eigenvalue weighted by atomic mass is 10.2. The Labute approximate surface area is 128 Å². The molecule has 0 radical (unpaired) electrons. The van der Waals surface area contributed by atoms with Crippen molar-refractivity contribution >= 4 is 12.1 Å². The summed E-state index contributed by atoms with van der Waals surface area (Å²) in [4.78, 5) is 23.6. The van der Waals surface area contributed by atoms with Crippen LogP contribution in [0.25, 0.3) is 0 Å². The largest absolute Gasteiger partial charge is 0.521 e. The molecule has 0 aliphatic carbocycles. The van der Waals surface area contributed by atoms with Crippen LogP contribution in [0.5, 0.6) is 11.5 Å². The molecule has 114 valence electrons. The molecule has 0 fully saturated rings. The average Bonchev–Trinajstić information content (AvgIpc) is 2.54. The summed E-state index contributed by atoms with van der Waals surface area (Å²) >= 11 is 0. The van der Waals surface area contributed by atoms with Crippen molar-refractivity contribution in [3.8, 4) is 11.5 Å². The zero-order valence-corrected chi connectivity index (χ0v) is 12.2. The van der Waals surface area contributed by atoms with Gasteiger partial charge in [0.1, 0.15) is 17.1 Å². The van der Waals surface area contributed by atoms with Crippen LogP contribution in [0.2, 0.25) is 0 Å². The molecule has 0 spiro atoms. The second-order valence-electron chi connectivity index (χ2n) is 4.40. The topological polar surface area (TPSA) is 61.8 Å². The maximum absolute atomic E-state index is 12.0. The molecule has 0 saturated carbocycles. The van der Waals surface area contributed by atoms with Gasteiger partial charge in [-0.2, -0.15) is 0 Å². The van der Waals surface area contributed by atoms with E-state index in [2.05, 4.69) is 4.74 Å². The molecule has 0 bridgehead atoms. The second kappa shape index (κ2) is 7.83. The number of benzene rings is 2. The Balaban J connectivity index is 2.01. The maximum Gasteiger partial charge on any atom is 0.521 e. The highest BCUT2D eigenvalue weighted by atomic mass is 16.7. The third kappa shape index (κ3) is 4.34. The van der Waals surface area contributed by atoms with Crippen LogP contribution >= 0.6 is 0 Å². The van der Waals surface area contributed by atoms with E-state index in [1.807, 2.05) is 6.92 Å². The monoisotopic (exact) mass is 300 g/mol. The fourth-order valence-electron chi connectivity index (χ4n) is 1.71. The number of para-hydroxylation sites is 2. The summed E-state index contributed by atoms with van der Waals surface area (Å²) in [7, 11) is 0. The number of carbonyl (C=O) groups excluding carboxylic acids is 2. The van der Waals surface area contributed by atoms with Crippen LogP contribution in [0.4, 0.5) is 4.79 Å². The van der Waals surface area contributed by atoms with Gasteiger partial charge in [-0.25, -0.2) is 9.59 Å². The molecule has 2 aromatic rings. The van der Waals surface area contributed by atoms with Crippen molar-refractivity contribution in [2.45, 2.75) is 13.3 Å². The molecule has 0 aliphatic rings. The van der Waals surface area contributed by atoms with Gasteiger partial charge in [0.25, 0.3) is 0 Å². The first kappa shape index (κ1) is 15.6. The molecule has 0 N–H and O–H groups in total. The van der Waals surface area contributed by atoms with Gasteiger partial charge in [0.15, 0.2) is 0 Å². The first-order valence-corrected chi connectivity index (χ1v) is 6.91. The Hall–Kier alpha value is -2.82. The van der Waals surface area contributed by atoms with Crippen molar-refractivity contribution in [3.63, 3.8) is 0 Å². The van der Waals surface area contributed by atoms with Gasteiger partial charge in [0.05, 0.1) is 6.61 Å². The van der Waals surface area contributed by atoms with E-state index >= 15 is 0 Å². The summed E-state index contributed by atoms with van der Waals surface area (Å²) in [5.41, 5.74) is 0.181. The standard InChI is InChI=1S/C17H16O5/c1-2-12-20-15-11-7-6-10-14(15)16(18)22-17(19)21-13-8-4-3-5-9-13/h3-11H,2,12H2,1H3. The Bertz CT molecular complexity index is 637. The maximum atomic E-state index is 12.0. The molecule has 0 unspecified atom stereocenters. The molecule has 0 amide bonds. The van der Waals surface area contributed by atoms with Crippen LogP contribution in [0.15, 0.2) is 54.6 Å². The molecule has 22 heavy (non-hydrogen) atoms. The summed E-state index contributed by atoms with van der Waals surface area (Å²) in [5, 5.41) is 0. The zero-order valence-electron chi connectivity index (χ0n) is 12.2. The van der Waals surface area contributed by atoms with Crippen molar-refractivity contribution in [3.05, 3.63) is 60.2 Å². The van der Waals surface area contributed by atoms with Gasteiger partial charge >= 0.3 is 12.1 Å². The van der Waals surface area contributed by atoms with E-state index in [-0.39, 0.29) is 5.56 Å². The van der Waals surface area contributed by atoms with Crippen molar-refractivity contribution in [2.75, 3.05) is 6.61 Å². The second-order valence-corrected chi connectivity index (χ2v) is 4.40. The predicted molar refractivity (Wildman–Crippen MR) is 80.1 cm³/mol. The lowest BCUT2D eigenvalue weighted by molar-refractivity contribution is 0.0526. The lowest BCUT2D eigenvalue weighted by Crippen LogP contribution is -2.17. The molecule has 2 aromatic carbocycles. The number of carbonyl (C=O) groups is 2. The number of hydrogen-bond acceptors (Lipinski definition) is 5. The highest BCUT2D eigenvalue weighted by Gasteiger charge is 2.18. The van der Waals surface area contributed by atoms with Crippen LogP contribution in [0.1, 0.15) is 23.7 Å². The van der Waals surface area contributed by atoms with Crippen molar-refractivity contribution in [1.29, 1.82) is 0 Å². The van der Waals surface area contributed by atoms with E-state index in [1.165, 1.54) is 6.07 Å². The summed E-state index contributed by atoms with van der Waals surface area (Å²) in [5.74, 6) is -0.134. The molecule has 5 heteroatoms. The molecule has 0 heterocycles. The van der Waals surface area contributed by atoms with Crippen LogP contribution in [0.3, 0.4) is 0 Å². The highest BCUT2D eigenvalue weighted by Crippen LogP contribution is 2.19. The molecular formula is C17H16O5. The smallest absolute Gasteiger partial charge is 0.493 e. The molecule has 0 aromatic heterocycles. The van der Waals surface area contributed by atoms with Gasteiger partial charge in [0.2, 0.25) is 0 Å². The van der Waals surface area contributed by atoms with Gasteiger partial charge in [0, 0.05) is 0 Å². The number of rotatable bonds is 5. The molecule has 5 nitrogen and oxygen atoms in total. The predicted octanol–water partition coefficient (Wildman–Crippen LogP) is 3.83. The van der Waals surface area contributed by atoms with Crippen LogP contribution in [0, 0.1) is 0 Å². The van der Waals surface area contributed by atoms with Gasteiger partial charge in [-0.05, 0) is 30.7 Å². The van der Waals surface area contributed by atoms with Gasteiger partial charge in [-0.3, -0.25) is 0 Å². The minimum atomic E-state index is -1.08. The number of esters is 1. The van der Waals surface area contributed by atoms with Crippen molar-refractivity contribution in [1.82, 2.24) is 0 Å². The Kier molecular flexibility index (Phi) is 5.54. The fourth-order valence-corrected chi connectivity index (χ4v) is 1.71. The summed E-state index contributed by atoms with van der Waals surface area (Å²) in [6, 6.07) is 15.0. The number of hydrogen-bond donors (Lipinski definition) is 0. The third-order valence-corrected chi connectivity index (χ3v) is 2.69. The molecule has 0 atom stereocenters. The minimum Gasteiger partial charge on any atom is -0.493 e. The summed E-state index contributed by atoms with van der Waals surface area (Å²) < 4.78 is 15.0.